The van der Waals surface area contributed by atoms with Crippen LogP contribution in [0.15, 0.2) is 0 Å². The van der Waals surface area contributed by atoms with E-state index in [4.69, 9.17) is 4.74 Å². The highest BCUT2D eigenvalue weighted by Gasteiger charge is 2.43. The maximum atomic E-state index is 13.9. The van der Waals surface area contributed by atoms with E-state index >= 15 is 0 Å². The average molecular weight is 461 g/mol. The number of alkyl halides is 2. The average Bonchev–Trinajstić information content (AvgIpc) is 2.98. The monoisotopic (exact) mass is 460 g/mol. The first kappa shape index (κ1) is 28.7. The van der Waals surface area contributed by atoms with Gasteiger partial charge in [-0.25, -0.2) is 0 Å². The number of unbranched alkanes of at least 4 members (excludes halogenated alkanes) is 6. The van der Waals surface area contributed by atoms with Gasteiger partial charge in [-0.2, -0.15) is 8.78 Å². The van der Waals surface area contributed by atoms with Crippen molar-refractivity contribution in [1.82, 2.24) is 0 Å². The minimum absolute atomic E-state index is 0.0173. The predicted octanol–water partition coefficient (Wildman–Crippen LogP) is 5.80. The quantitative estimate of drug-likeness (QED) is 0.219. The number of carbonyl (C=O) groups is 3. The summed E-state index contributed by atoms with van der Waals surface area (Å²) in [6, 6.07) is 0. The van der Waals surface area contributed by atoms with Crippen molar-refractivity contribution < 1.29 is 33.0 Å². The fourth-order valence-corrected chi connectivity index (χ4v) is 4.47. The van der Waals surface area contributed by atoms with Crippen LogP contribution in [0, 0.1) is 11.8 Å². The van der Waals surface area contributed by atoms with Gasteiger partial charge in [0.05, 0.1) is 12.2 Å². The molecule has 0 aliphatic heterocycles. The first-order valence-electron chi connectivity index (χ1n) is 12.4. The minimum atomic E-state index is -3.31. The van der Waals surface area contributed by atoms with Gasteiger partial charge in [0.15, 0.2) is 0 Å². The van der Waals surface area contributed by atoms with E-state index < -0.39 is 30.1 Å². The second-order valence-corrected chi connectivity index (χ2v) is 9.48. The van der Waals surface area contributed by atoms with Gasteiger partial charge >= 0.3 is 11.9 Å². The van der Waals surface area contributed by atoms with Crippen LogP contribution < -0.4 is 0 Å². The number of hydrogen-bond donors (Lipinski definition) is 1. The molecule has 0 heterocycles. The zero-order valence-corrected chi connectivity index (χ0v) is 20.0. The molecule has 0 spiro atoms. The smallest absolute Gasteiger partial charge is 0.306 e. The van der Waals surface area contributed by atoms with Crippen LogP contribution in [0.3, 0.4) is 0 Å². The van der Waals surface area contributed by atoms with Gasteiger partial charge in [0.1, 0.15) is 5.78 Å². The Bertz CT molecular complexity index is 591. The van der Waals surface area contributed by atoms with Crippen molar-refractivity contribution in [2.45, 2.75) is 129 Å². The van der Waals surface area contributed by atoms with Gasteiger partial charge in [-0.05, 0) is 45.4 Å². The van der Waals surface area contributed by atoms with Crippen LogP contribution in [-0.2, 0) is 19.1 Å². The van der Waals surface area contributed by atoms with Crippen LogP contribution in [0.5, 0.6) is 0 Å². The van der Waals surface area contributed by atoms with Gasteiger partial charge in [0.25, 0.3) is 0 Å². The van der Waals surface area contributed by atoms with E-state index in [-0.39, 0.29) is 43.0 Å². The summed E-state index contributed by atoms with van der Waals surface area (Å²) in [5.41, 5.74) is 0. The summed E-state index contributed by atoms with van der Waals surface area (Å²) < 4.78 is 32.9. The predicted molar refractivity (Wildman–Crippen MR) is 119 cm³/mol. The Morgan fingerprint density at radius 3 is 2.28 bits per heavy atom. The number of aliphatic hydroxyl groups excluding tert-OH is 1. The summed E-state index contributed by atoms with van der Waals surface area (Å²) in [6.45, 7) is 5.46. The van der Waals surface area contributed by atoms with Crippen molar-refractivity contribution in [3.05, 3.63) is 0 Å². The standard InChI is InChI=1S/C25H42F2O5/c1-4-5-16-25(26,27)23(30)15-14-20-19(21(28)17-22(20)29)12-10-8-6-7-9-11-13-24(31)32-18(2)3/h18-20,22,29H,4-17H2,1-3H3/t19?,20-,22?/m1/s1. The molecule has 1 saturated carbocycles. The number of ether oxygens (including phenoxy) is 1. The summed E-state index contributed by atoms with van der Waals surface area (Å²) in [5.74, 6) is -5.31. The largest absolute Gasteiger partial charge is 0.463 e. The summed E-state index contributed by atoms with van der Waals surface area (Å²) in [4.78, 5) is 35.7. The third-order valence-corrected chi connectivity index (χ3v) is 6.31. The molecule has 2 unspecified atom stereocenters. The van der Waals surface area contributed by atoms with E-state index in [1.165, 1.54) is 0 Å². The number of ketones is 2. The highest BCUT2D eigenvalue weighted by atomic mass is 19.3. The Morgan fingerprint density at radius 1 is 1.03 bits per heavy atom. The van der Waals surface area contributed by atoms with Crippen molar-refractivity contribution in [1.29, 1.82) is 0 Å². The second kappa shape index (κ2) is 14.7. The molecule has 0 saturated heterocycles. The molecule has 0 aromatic heterocycles. The first-order valence-corrected chi connectivity index (χ1v) is 12.4. The number of Topliss-reactive ketones (excluding diaryl/α,β-unsaturated/α-hetero) is 2. The molecule has 1 aliphatic rings. The molecule has 1 N–H and O–H groups in total. The molecule has 3 atom stereocenters. The molecule has 0 aromatic carbocycles. The Kier molecular flexibility index (Phi) is 13.2. The van der Waals surface area contributed by atoms with Gasteiger partial charge in [0.2, 0.25) is 5.78 Å². The Hall–Kier alpha value is -1.37. The normalized spacial score (nSPS) is 21.3. The fourth-order valence-electron chi connectivity index (χ4n) is 4.47. The molecule has 186 valence electrons. The molecule has 1 fully saturated rings. The highest BCUT2D eigenvalue weighted by Crippen LogP contribution is 2.37. The lowest BCUT2D eigenvalue weighted by molar-refractivity contribution is -0.147. The molecule has 0 aromatic rings. The number of hydrogen-bond acceptors (Lipinski definition) is 5. The number of esters is 1. The first-order chi connectivity index (χ1) is 15.1. The lowest BCUT2D eigenvalue weighted by atomic mass is 9.85. The van der Waals surface area contributed by atoms with E-state index in [0.717, 1.165) is 38.5 Å². The minimum Gasteiger partial charge on any atom is -0.463 e. The molecule has 0 bridgehead atoms. The molecular formula is C25H42F2O5. The number of halogens is 2. The van der Waals surface area contributed by atoms with Crippen molar-refractivity contribution in [2.24, 2.45) is 11.8 Å². The van der Waals surface area contributed by atoms with E-state index in [2.05, 4.69) is 0 Å². The van der Waals surface area contributed by atoms with E-state index in [0.29, 0.717) is 25.7 Å². The molecule has 5 nitrogen and oxygen atoms in total. The van der Waals surface area contributed by atoms with Crippen molar-refractivity contribution in [3.8, 4) is 0 Å². The number of carbonyl (C=O) groups excluding carboxylic acids is 3. The summed E-state index contributed by atoms with van der Waals surface area (Å²) in [7, 11) is 0. The maximum Gasteiger partial charge on any atom is 0.306 e. The summed E-state index contributed by atoms with van der Waals surface area (Å²) in [6.07, 6.45) is 6.04. The van der Waals surface area contributed by atoms with Crippen molar-refractivity contribution in [2.75, 3.05) is 0 Å². The van der Waals surface area contributed by atoms with Gasteiger partial charge in [-0.15, -0.1) is 0 Å². The highest BCUT2D eigenvalue weighted by molar-refractivity contribution is 5.86. The molecule has 32 heavy (non-hydrogen) atoms. The van der Waals surface area contributed by atoms with Gasteiger partial charge < -0.3 is 9.84 Å². The van der Waals surface area contributed by atoms with Crippen molar-refractivity contribution in [3.63, 3.8) is 0 Å². The van der Waals surface area contributed by atoms with Crippen LogP contribution in [0.1, 0.15) is 111 Å². The van der Waals surface area contributed by atoms with Gasteiger partial charge in [0, 0.05) is 31.6 Å². The SMILES string of the molecule is CCCCC(F)(F)C(=O)CC[C@H]1C(O)CC(=O)C1CCCCCCCCC(=O)OC(C)C. The van der Waals surface area contributed by atoms with Gasteiger partial charge in [-0.3, -0.25) is 14.4 Å². The fraction of sp³-hybridized carbons (Fsp3) is 0.880. The lowest BCUT2D eigenvalue weighted by Crippen LogP contribution is -2.30. The molecule has 1 aliphatic carbocycles. The van der Waals surface area contributed by atoms with Crippen LogP contribution in [0.4, 0.5) is 8.78 Å². The summed E-state index contributed by atoms with van der Waals surface area (Å²) in [5, 5.41) is 10.2. The topological polar surface area (TPSA) is 80.7 Å². The summed E-state index contributed by atoms with van der Waals surface area (Å²) >= 11 is 0. The zero-order valence-electron chi connectivity index (χ0n) is 20.0. The maximum absolute atomic E-state index is 13.9. The number of rotatable bonds is 17. The Morgan fingerprint density at radius 2 is 1.66 bits per heavy atom. The molecule has 7 heteroatoms. The Balaban J connectivity index is 2.30. The van der Waals surface area contributed by atoms with E-state index in [1.807, 2.05) is 13.8 Å². The van der Waals surface area contributed by atoms with Crippen molar-refractivity contribution >= 4 is 17.5 Å². The van der Waals surface area contributed by atoms with E-state index in [9.17, 15) is 28.3 Å². The van der Waals surface area contributed by atoms with E-state index in [1.54, 1.807) is 6.92 Å². The molecule has 0 amide bonds. The number of aliphatic hydroxyl groups is 1. The van der Waals surface area contributed by atoms with Crippen LogP contribution >= 0.6 is 0 Å². The lowest BCUT2D eigenvalue weighted by Gasteiger charge is -2.22. The van der Waals surface area contributed by atoms with Crippen LogP contribution in [-0.4, -0.2) is 40.8 Å². The Labute approximate surface area is 191 Å². The molecule has 0 radical (unpaired) electrons. The third-order valence-electron chi connectivity index (χ3n) is 6.31. The zero-order chi connectivity index (χ0) is 24.1. The van der Waals surface area contributed by atoms with Crippen LogP contribution in [0.25, 0.3) is 0 Å². The molecule has 1 rings (SSSR count). The molecular weight excluding hydrogens is 418 g/mol. The van der Waals surface area contributed by atoms with Crippen LogP contribution in [0.2, 0.25) is 0 Å². The van der Waals surface area contributed by atoms with Gasteiger partial charge in [-0.1, -0.05) is 45.4 Å². The second-order valence-electron chi connectivity index (χ2n) is 9.48. The third kappa shape index (κ3) is 10.5.